The summed E-state index contributed by atoms with van der Waals surface area (Å²) in [6.07, 6.45) is 10.6. The van der Waals surface area contributed by atoms with Crippen molar-refractivity contribution in [2.24, 2.45) is 20.9 Å². The molecule has 3 atom stereocenters. The topological polar surface area (TPSA) is 40.3 Å². The highest BCUT2D eigenvalue weighted by molar-refractivity contribution is 6.18. The van der Waals surface area contributed by atoms with Crippen LogP contribution in [0, 0.1) is 5.92 Å². The molecule has 0 N–H and O–H groups in total. The van der Waals surface area contributed by atoms with Gasteiger partial charge in [-0.05, 0) is 26.0 Å². The highest BCUT2D eigenvalue weighted by Gasteiger charge is 2.25. The van der Waals surface area contributed by atoms with Gasteiger partial charge in [0.05, 0.1) is 12.1 Å². The Bertz CT molecular complexity index is 553. The Balaban J connectivity index is 1.75. The van der Waals surface area contributed by atoms with Crippen LogP contribution >= 0.6 is 0 Å². The maximum absolute atomic E-state index is 4.81. The lowest BCUT2D eigenvalue weighted by Crippen LogP contribution is -2.30. The largest absolute Gasteiger partial charge is 0.302 e. The van der Waals surface area contributed by atoms with Gasteiger partial charge in [-0.15, -0.1) is 0 Å². The molecule has 21 heavy (non-hydrogen) atoms. The van der Waals surface area contributed by atoms with Gasteiger partial charge in [-0.3, -0.25) is 9.98 Å². The molecule has 0 radical (unpaired) electrons. The van der Waals surface area contributed by atoms with Gasteiger partial charge in [0.2, 0.25) is 0 Å². The summed E-state index contributed by atoms with van der Waals surface area (Å²) in [5.74, 6) is 1.26. The highest BCUT2D eigenvalue weighted by atomic mass is 15.1. The summed E-state index contributed by atoms with van der Waals surface area (Å²) in [7, 11) is 2.17. The summed E-state index contributed by atoms with van der Waals surface area (Å²) in [6, 6.07) is 0.629. The van der Waals surface area contributed by atoms with Crippen LogP contribution in [-0.2, 0) is 0 Å². The summed E-state index contributed by atoms with van der Waals surface area (Å²) in [6.45, 7) is 6.55. The predicted octanol–water partition coefficient (Wildman–Crippen LogP) is 2.53. The third kappa shape index (κ3) is 3.21. The third-order valence-electron chi connectivity index (χ3n) is 4.40. The van der Waals surface area contributed by atoms with E-state index >= 15 is 0 Å². The number of likely N-dealkylation sites (N-methyl/N-ethyl adjacent to an activating group) is 1. The molecular formula is C17H24N4. The first kappa shape index (κ1) is 14.4. The molecule has 0 saturated heterocycles. The molecule has 0 amide bonds. The molecule has 0 bridgehead atoms. The van der Waals surface area contributed by atoms with Crippen LogP contribution in [0.15, 0.2) is 38.3 Å². The van der Waals surface area contributed by atoms with Gasteiger partial charge >= 0.3 is 0 Å². The maximum Gasteiger partial charge on any atom is 0.155 e. The number of dihydropyridines is 1. The molecule has 3 aliphatic heterocycles. The van der Waals surface area contributed by atoms with Crippen molar-refractivity contribution in [2.45, 2.75) is 38.8 Å². The number of nitrogens with zero attached hydrogens (tertiary/aromatic N) is 4. The Hall–Kier alpha value is -1.55. The molecule has 112 valence electrons. The van der Waals surface area contributed by atoms with Crippen LogP contribution in [0.3, 0.4) is 0 Å². The number of hydrogen-bond acceptors (Lipinski definition) is 4. The molecular weight excluding hydrogens is 260 g/mol. The van der Waals surface area contributed by atoms with Gasteiger partial charge in [0.25, 0.3) is 0 Å². The first-order valence-electron chi connectivity index (χ1n) is 7.86. The number of aliphatic imine (C=N–C) groups is 3. The van der Waals surface area contributed by atoms with Crippen molar-refractivity contribution < 1.29 is 0 Å². The molecule has 0 spiro atoms. The van der Waals surface area contributed by atoms with Gasteiger partial charge in [0.1, 0.15) is 0 Å². The second-order valence-corrected chi connectivity index (χ2v) is 6.34. The monoisotopic (exact) mass is 284 g/mol. The van der Waals surface area contributed by atoms with Gasteiger partial charge < -0.3 is 4.90 Å². The smallest absolute Gasteiger partial charge is 0.155 e. The van der Waals surface area contributed by atoms with E-state index in [1.807, 2.05) is 12.4 Å². The molecule has 0 aromatic carbocycles. The Morgan fingerprint density at radius 2 is 2.14 bits per heavy atom. The average Bonchev–Trinajstić information content (AvgIpc) is 2.48. The Morgan fingerprint density at radius 1 is 1.29 bits per heavy atom. The molecule has 0 aromatic heterocycles. The molecule has 4 heteroatoms. The van der Waals surface area contributed by atoms with Crippen LogP contribution in [0.25, 0.3) is 0 Å². The summed E-state index contributed by atoms with van der Waals surface area (Å²) in [5, 5.41) is 0. The molecule has 0 aliphatic carbocycles. The minimum absolute atomic E-state index is 0.299. The van der Waals surface area contributed by atoms with Crippen molar-refractivity contribution in [3.63, 3.8) is 0 Å². The van der Waals surface area contributed by atoms with Crippen LogP contribution in [0.2, 0.25) is 0 Å². The zero-order chi connectivity index (χ0) is 14.8. The summed E-state index contributed by atoms with van der Waals surface area (Å²) in [4.78, 5) is 16.2. The number of amidine groups is 1. The lowest BCUT2D eigenvalue weighted by atomic mass is 9.87. The quantitative estimate of drug-likeness (QED) is 0.718. The Morgan fingerprint density at radius 3 is 2.81 bits per heavy atom. The molecule has 0 fully saturated rings. The van der Waals surface area contributed by atoms with E-state index in [4.69, 9.17) is 4.99 Å². The van der Waals surface area contributed by atoms with E-state index < -0.39 is 0 Å². The van der Waals surface area contributed by atoms with E-state index in [1.54, 1.807) is 0 Å². The molecule has 0 aromatic rings. The predicted molar refractivity (Wildman–Crippen MR) is 89.7 cm³/mol. The minimum atomic E-state index is 0.299. The summed E-state index contributed by atoms with van der Waals surface area (Å²) < 4.78 is 0. The van der Waals surface area contributed by atoms with Crippen molar-refractivity contribution in [1.82, 2.24) is 4.90 Å². The number of rotatable bonds is 2. The number of hydrogen-bond donors (Lipinski definition) is 0. The van der Waals surface area contributed by atoms with Gasteiger partial charge in [0.15, 0.2) is 5.84 Å². The van der Waals surface area contributed by atoms with E-state index in [2.05, 4.69) is 47.9 Å². The van der Waals surface area contributed by atoms with E-state index in [9.17, 15) is 0 Å². The second-order valence-electron chi connectivity index (χ2n) is 6.34. The fraction of sp³-hybridized carbons (Fsp3) is 0.588. The fourth-order valence-corrected chi connectivity index (χ4v) is 3.07. The third-order valence-corrected chi connectivity index (χ3v) is 4.40. The lowest BCUT2D eigenvalue weighted by molar-refractivity contribution is 0.349. The van der Waals surface area contributed by atoms with Gasteiger partial charge in [-0.1, -0.05) is 19.1 Å². The molecule has 4 nitrogen and oxygen atoms in total. The van der Waals surface area contributed by atoms with Crippen molar-refractivity contribution in [1.29, 1.82) is 0 Å². The van der Waals surface area contributed by atoms with E-state index in [1.165, 1.54) is 5.57 Å². The maximum atomic E-state index is 4.81. The minimum Gasteiger partial charge on any atom is -0.302 e. The van der Waals surface area contributed by atoms with Crippen LogP contribution in [0.1, 0.15) is 26.7 Å². The van der Waals surface area contributed by atoms with Crippen LogP contribution in [0.5, 0.6) is 0 Å². The van der Waals surface area contributed by atoms with Crippen LogP contribution in [0.4, 0.5) is 0 Å². The van der Waals surface area contributed by atoms with Crippen LogP contribution < -0.4 is 0 Å². The summed E-state index contributed by atoms with van der Waals surface area (Å²) in [5.41, 5.74) is 2.56. The van der Waals surface area contributed by atoms with Gasteiger partial charge in [-0.2, -0.15) is 0 Å². The first-order chi connectivity index (χ1) is 10.1. The molecule has 0 saturated carbocycles. The zero-order valence-electron chi connectivity index (χ0n) is 13.2. The highest BCUT2D eigenvalue weighted by Crippen LogP contribution is 2.27. The van der Waals surface area contributed by atoms with E-state index in [-0.39, 0.29) is 0 Å². The zero-order valence-corrected chi connectivity index (χ0v) is 13.2. The summed E-state index contributed by atoms with van der Waals surface area (Å²) >= 11 is 0. The van der Waals surface area contributed by atoms with Gasteiger partial charge in [-0.25, -0.2) is 4.99 Å². The van der Waals surface area contributed by atoms with Crippen molar-refractivity contribution >= 4 is 18.3 Å². The van der Waals surface area contributed by atoms with Crippen molar-refractivity contribution in [2.75, 3.05) is 20.1 Å². The molecule has 3 aliphatic rings. The average molecular weight is 284 g/mol. The first-order valence-corrected chi connectivity index (χ1v) is 7.86. The van der Waals surface area contributed by atoms with E-state index in [0.29, 0.717) is 18.0 Å². The fourth-order valence-electron chi connectivity index (χ4n) is 3.07. The molecule has 3 heterocycles. The van der Waals surface area contributed by atoms with Crippen molar-refractivity contribution in [3.05, 3.63) is 23.3 Å². The van der Waals surface area contributed by atoms with Crippen molar-refractivity contribution in [3.8, 4) is 0 Å². The Labute approximate surface area is 127 Å². The van der Waals surface area contributed by atoms with Crippen LogP contribution in [-0.4, -0.2) is 55.4 Å². The Kier molecular flexibility index (Phi) is 4.15. The standard InChI is InChI=1S/C17H24N4/c1-12-10-15(17-18-7-4-13(2)20-17)11-19-16(12)14-5-8-21(3)9-6-14/h5,7,10-13,16H,4,6,8-9H2,1-3H3. The SMILES string of the molecule is CC1CC=NC(C2=CC(C)C(C3=CCN(C)CC3)N=C2)=N1. The molecule has 3 rings (SSSR count). The normalized spacial score (nSPS) is 33.5. The molecule has 3 unspecified atom stereocenters. The van der Waals surface area contributed by atoms with E-state index in [0.717, 1.165) is 37.3 Å². The second kappa shape index (κ2) is 6.06. The van der Waals surface area contributed by atoms with Gasteiger partial charge in [0, 0.05) is 43.4 Å². The lowest BCUT2D eigenvalue weighted by Gasteiger charge is -2.30.